The normalized spacial score (nSPS) is 35.6. The second-order valence-corrected chi connectivity index (χ2v) is 10.8. The van der Waals surface area contributed by atoms with Crippen LogP contribution in [0.4, 0.5) is 0 Å². The first-order valence-electron chi connectivity index (χ1n) is 12.5. The molecule has 0 radical (unpaired) electrons. The minimum atomic E-state index is -0.800. The fraction of sp³-hybridized carbons (Fsp3) is 0.586. The molecule has 2 fully saturated rings. The first-order chi connectivity index (χ1) is 15.8. The Bertz CT molecular complexity index is 1030. The van der Waals surface area contributed by atoms with Crippen LogP contribution in [-0.4, -0.2) is 38.0 Å². The number of ether oxygens (including phenoxy) is 2. The maximum Gasteiger partial charge on any atom is 0.190 e. The summed E-state index contributed by atoms with van der Waals surface area (Å²) in [6.07, 6.45) is 8.06. The average molecular weight is 449 g/mol. The van der Waals surface area contributed by atoms with Gasteiger partial charge in [-0.2, -0.15) is 0 Å². The van der Waals surface area contributed by atoms with Crippen molar-refractivity contribution in [1.29, 1.82) is 0 Å². The third kappa shape index (κ3) is 3.32. The summed E-state index contributed by atoms with van der Waals surface area (Å²) in [4.78, 5) is 25.7. The molecule has 0 aliphatic heterocycles. The van der Waals surface area contributed by atoms with E-state index in [-0.39, 0.29) is 29.5 Å². The monoisotopic (exact) mass is 448 g/mol. The lowest BCUT2D eigenvalue weighted by Crippen LogP contribution is -2.57. The highest BCUT2D eigenvalue weighted by Crippen LogP contribution is 2.67. The van der Waals surface area contributed by atoms with Crippen molar-refractivity contribution >= 4 is 11.6 Å². The molecule has 2 unspecified atom stereocenters. The fourth-order valence-electron chi connectivity index (χ4n) is 7.90. The van der Waals surface area contributed by atoms with E-state index in [1.54, 1.807) is 19.8 Å². The Labute approximate surface area is 197 Å². The topological polar surface area (TPSA) is 52.6 Å². The molecular formula is C29H36O4. The molecule has 176 valence electrons. The van der Waals surface area contributed by atoms with E-state index in [1.165, 1.54) is 22.3 Å². The Balaban J connectivity index is 1.68. The lowest BCUT2D eigenvalue weighted by molar-refractivity contribution is -0.166. The molecule has 0 bridgehead atoms. The number of rotatable bonds is 5. The molecule has 4 aliphatic rings. The molecule has 0 heterocycles. The van der Waals surface area contributed by atoms with E-state index >= 15 is 0 Å². The van der Waals surface area contributed by atoms with Gasteiger partial charge < -0.3 is 9.47 Å². The Morgan fingerprint density at radius 3 is 2.55 bits per heavy atom. The molecule has 0 amide bonds. The summed E-state index contributed by atoms with van der Waals surface area (Å²) >= 11 is 0. The third-order valence-electron chi connectivity index (χ3n) is 9.41. The van der Waals surface area contributed by atoms with E-state index in [0.29, 0.717) is 18.3 Å². The van der Waals surface area contributed by atoms with E-state index in [9.17, 15) is 9.59 Å². The van der Waals surface area contributed by atoms with Crippen LogP contribution in [0.5, 0.6) is 0 Å². The number of carbonyl (C=O) groups excluding carboxylic acids is 2. The van der Waals surface area contributed by atoms with Crippen molar-refractivity contribution in [3.05, 3.63) is 58.2 Å². The van der Waals surface area contributed by atoms with Gasteiger partial charge in [0.05, 0.1) is 0 Å². The largest absolute Gasteiger partial charge is 0.377 e. The second-order valence-electron chi connectivity index (χ2n) is 10.8. The molecule has 4 aliphatic carbocycles. The third-order valence-corrected chi connectivity index (χ3v) is 9.41. The van der Waals surface area contributed by atoms with Gasteiger partial charge in [-0.25, -0.2) is 0 Å². The van der Waals surface area contributed by atoms with Gasteiger partial charge in [-0.1, -0.05) is 42.3 Å². The number of hydrogen-bond acceptors (Lipinski definition) is 4. The van der Waals surface area contributed by atoms with Crippen LogP contribution in [0.3, 0.4) is 0 Å². The predicted molar refractivity (Wildman–Crippen MR) is 128 cm³/mol. The highest BCUT2D eigenvalue weighted by molar-refractivity contribution is 5.93. The Kier molecular flexibility index (Phi) is 5.73. The number of allylic oxidation sites excluding steroid dienone is 4. The van der Waals surface area contributed by atoms with Gasteiger partial charge in [0, 0.05) is 32.0 Å². The lowest BCUT2D eigenvalue weighted by atomic mass is 9.50. The summed E-state index contributed by atoms with van der Waals surface area (Å²) in [6, 6.07) is 8.92. The number of Topliss-reactive ketones (excluding diaryl/α,β-unsaturated/α-hetero) is 1. The van der Waals surface area contributed by atoms with Gasteiger partial charge in [0.1, 0.15) is 12.2 Å². The lowest BCUT2D eigenvalue weighted by Gasteiger charge is -2.55. The van der Waals surface area contributed by atoms with Gasteiger partial charge in [-0.05, 0) is 80.1 Å². The standard InChI is InChI=1S/C29H36O4/c1-18-5-7-19(8-6-18)24-16-28(2)25(13-14-29(28,33-4)26(31)17-32-3)23-11-9-20-15-21(30)10-12-22(20)27(23)24/h5-8,15,23-25H,9-14,16-17H2,1-4H3/t23?,24-,25?,28+,29+/m1/s1. The van der Waals surface area contributed by atoms with Crippen molar-refractivity contribution in [2.24, 2.45) is 17.3 Å². The van der Waals surface area contributed by atoms with Crippen molar-refractivity contribution in [3.8, 4) is 0 Å². The van der Waals surface area contributed by atoms with Gasteiger partial charge >= 0.3 is 0 Å². The van der Waals surface area contributed by atoms with Gasteiger partial charge in [0.25, 0.3) is 0 Å². The fourth-order valence-corrected chi connectivity index (χ4v) is 7.90. The zero-order chi connectivity index (χ0) is 23.4. The molecular weight excluding hydrogens is 412 g/mol. The van der Waals surface area contributed by atoms with E-state index in [2.05, 4.69) is 38.1 Å². The summed E-state index contributed by atoms with van der Waals surface area (Å²) in [7, 11) is 3.30. The van der Waals surface area contributed by atoms with Gasteiger partial charge in [0.15, 0.2) is 11.6 Å². The summed E-state index contributed by atoms with van der Waals surface area (Å²) in [5.41, 5.74) is 5.78. The van der Waals surface area contributed by atoms with Crippen molar-refractivity contribution in [2.45, 2.75) is 70.3 Å². The maximum absolute atomic E-state index is 13.5. The van der Waals surface area contributed by atoms with Crippen molar-refractivity contribution in [1.82, 2.24) is 0 Å². The second kappa shape index (κ2) is 8.32. The van der Waals surface area contributed by atoms with Crippen LogP contribution < -0.4 is 0 Å². The van der Waals surface area contributed by atoms with Crippen molar-refractivity contribution in [3.63, 3.8) is 0 Å². The van der Waals surface area contributed by atoms with Crippen LogP contribution in [0.2, 0.25) is 0 Å². The molecule has 0 saturated heterocycles. The van der Waals surface area contributed by atoms with Crippen LogP contribution in [0.15, 0.2) is 47.1 Å². The number of fused-ring (bicyclic) bond motifs is 4. The number of methoxy groups -OCH3 is 2. The molecule has 5 rings (SSSR count). The molecule has 0 N–H and O–H groups in total. The summed E-state index contributed by atoms with van der Waals surface area (Å²) in [6.45, 7) is 4.52. The smallest absolute Gasteiger partial charge is 0.190 e. The first kappa shape index (κ1) is 22.7. The zero-order valence-corrected chi connectivity index (χ0v) is 20.4. The number of carbonyl (C=O) groups is 2. The molecule has 0 aromatic heterocycles. The molecule has 33 heavy (non-hydrogen) atoms. The highest BCUT2D eigenvalue weighted by Gasteiger charge is 2.66. The van der Waals surface area contributed by atoms with Gasteiger partial charge in [-0.15, -0.1) is 0 Å². The summed E-state index contributed by atoms with van der Waals surface area (Å²) in [5, 5.41) is 0. The molecule has 1 aromatic carbocycles. The summed E-state index contributed by atoms with van der Waals surface area (Å²) in [5.74, 6) is 1.43. The van der Waals surface area contributed by atoms with Crippen LogP contribution in [0.1, 0.15) is 68.9 Å². The minimum absolute atomic E-state index is 0.0796. The molecule has 4 nitrogen and oxygen atoms in total. The number of ketones is 2. The molecule has 0 spiro atoms. The highest BCUT2D eigenvalue weighted by atomic mass is 16.5. The van der Waals surface area contributed by atoms with E-state index in [4.69, 9.17) is 9.47 Å². The number of benzene rings is 1. The molecule has 2 saturated carbocycles. The molecule has 4 heteroatoms. The SMILES string of the molecule is COCC(=O)[C@@]1(OC)CCC2C3CCC4=CC(=O)CCC4=C3[C@@H](c3ccc(C)cc3)C[C@@]21C. The number of hydrogen-bond donors (Lipinski definition) is 0. The Morgan fingerprint density at radius 2 is 1.85 bits per heavy atom. The van der Waals surface area contributed by atoms with Gasteiger partial charge in [0.2, 0.25) is 0 Å². The maximum atomic E-state index is 13.5. The predicted octanol–water partition coefficient (Wildman–Crippen LogP) is 5.50. The van der Waals surface area contributed by atoms with E-state index in [0.717, 1.165) is 38.5 Å². The Morgan fingerprint density at radius 1 is 1.09 bits per heavy atom. The molecule has 1 aromatic rings. The quantitative estimate of drug-likeness (QED) is 0.597. The minimum Gasteiger partial charge on any atom is -0.377 e. The van der Waals surface area contributed by atoms with Crippen LogP contribution in [-0.2, 0) is 19.1 Å². The average Bonchev–Trinajstić information content (AvgIpc) is 3.11. The Hall–Kier alpha value is -2.04. The van der Waals surface area contributed by atoms with Crippen LogP contribution in [0.25, 0.3) is 0 Å². The molecule has 5 atom stereocenters. The first-order valence-corrected chi connectivity index (χ1v) is 12.5. The number of aryl methyl sites for hydroxylation is 1. The van der Waals surface area contributed by atoms with Crippen LogP contribution >= 0.6 is 0 Å². The summed E-state index contributed by atoms with van der Waals surface area (Å²) < 4.78 is 11.5. The van der Waals surface area contributed by atoms with Crippen molar-refractivity contribution < 1.29 is 19.1 Å². The van der Waals surface area contributed by atoms with Crippen LogP contribution in [0, 0.1) is 24.2 Å². The zero-order valence-electron chi connectivity index (χ0n) is 20.4. The van der Waals surface area contributed by atoms with E-state index in [1.807, 2.05) is 6.08 Å². The van der Waals surface area contributed by atoms with E-state index < -0.39 is 5.60 Å². The van der Waals surface area contributed by atoms with Crippen molar-refractivity contribution in [2.75, 3.05) is 20.8 Å². The van der Waals surface area contributed by atoms with Gasteiger partial charge in [-0.3, -0.25) is 9.59 Å².